The van der Waals surface area contributed by atoms with Gasteiger partial charge < -0.3 is 10.0 Å². The van der Waals surface area contributed by atoms with Crippen molar-refractivity contribution >= 4 is 17.7 Å². The number of likely N-dealkylation sites (N-methyl/N-ethyl adjacent to an activating group) is 1. The summed E-state index contributed by atoms with van der Waals surface area (Å²) in [6.07, 6.45) is 0.381. The van der Waals surface area contributed by atoms with Gasteiger partial charge in [0.2, 0.25) is 0 Å². The molecule has 0 aliphatic carbocycles. The van der Waals surface area contributed by atoms with Crippen LogP contribution >= 0.6 is 0 Å². The number of aliphatic carboxylic acids is 1. The molecule has 1 heterocycles. The van der Waals surface area contributed by atoms with Crippen LogP contribution in [0.4, 0.5) is 14.9 Å². The van der Waals surface area contributed by atoms with Crippen molar-refractivity contribution in [1.82, 2.24) is 4.90 Å². The molecular formula is C13H15FN2O3. The molecule has 1 unspecified atom stereocenters. The fourth-order valence-electron chi connectivity index (χ4n) is 2.25. The smallest absolute Gasteiger partial charge is 0.324 e. The van der Waals surface area contributed by atoms with Crippen molar-refractivity contribution in [3.63, 3.8) is 0 Å². The van der Waals surface area contributed by atoms with Crippen LogP contribution in [0.25, 0.3) is 0 Å². The van der Waals surface area contributed by atoms with Gasteiger partial charge in [0.05, 0.1) is 6.04 Å². The van der Waals surface area contributed by atoms with E-state index in [1.807, 2.05) is 0 Å². The average molecular weight is 266 g/mol. The summed E-state index contributed by atoms with van der Waals surface area (Å²) in [4.78, 5) is 25.8. The lowest BCUT2D eigenvalue weighted by molar-refractivity contribution is -0.137. The average Bonchev–Trinajstić information content (AvgIpc) is 2.64. The first-order valence-corrected chi connectivity index (χ1v) is 6.00. The Morgan fingerprint density at radius 2 is 2.05 bits per heavy atom. The molecule has 6 heteroatoms. The van der Waals surface area contributed by atoms with Gasteiger partial charge in [0, 0.05) is 25.7 Å². The third-order valence-corrected chi connectivity index (χ3v) is 3.18. The molecule has 1 aliphatic rings. The zero-order chi connectivity index (χ0) is 14.0. The number of carbonyl (C=O) groups excluding carboxylic acids is 1. The number of benzene rings is 1. The molecule has 0 aromatic heterocycles. The number of anilines is 1. The van der Waals surface area contributed by atoms with Crippen molar-refractivity contribution < 1.29 is 19.1 Å². The van der Waals surface area contributed by atoms with Gasteiger partial charge in [-0.15, -0.1) is 0 Å². The van der Waals surface area contributed by atoms with Crippen molar-refractivity contribution in [3.05, 3.63) is 30.1 Å². The minimum absolute atomic E-state index is 0.00345. The number of hydrogen-bond acceptors (Lipinski definition) is 2. The fraction of sp³-hybridized carbons (Fsp3) is 0.385. The first kappa shape index (κ1) is 13.3. The number of carbonyl (C=O) groups is 2. The van der Waals surface area contributed by atoms with Gasteiger partial charge in [-0.1, -0.05) is 0 Å². The number of amides is 2. The lowest BCUT2D eigenvalue weighted by atomic mass is 10.1. The first-order valence-electron chi connectivity index (χ1n) is 6.00. The van der Waals surface area contributed by atoms with E-state index in [0.29, 0.717) is 18.7 Å². The number of nitrogens with zero attached hydrogens (tertiary/aromatic N) is 2. The van der Waals surface area contributed by atoms with Crippen LogP contribution in [0.5, 0.6) is 0 Å². The highest BCUT2D eigenvalue weighted by Gasteiger charge is 2.36. The van der Waals surface area contributed by atoms with Gasteiger partial charge in [0.1, 0.15) is 5.82 Å². The van der Waals surface area contributed by atoms with Gasteiger partial charge in [-0.2, -0.15) is 0 Å². The van der Waals surface area contributed by atoms with Gasteiger partial charge in [-0.25, -0.2) is 9.18 Å². The molecule has 5 nitrogen and oxygen atoms in total. The predicted octanol–water partition coefficient (Wildman–Crippen LogP) is 1.93. The standard InChI is InChI=1S/C13H15FN2O3/c1-15-8-11(6-7-12(17)18)16(13(15)19)10-4-2-9(14)3-5-10/h2-5,11H,6-8H2,1H3,(H,17,18). The molecule has 1 atom stereocenters. The van der Waals surface area contributed by atoms with Crippen LogP contribution in [-0.4, -0.2) is 41.6 Å². The molecule has 1 saturated heterocycles. The van der Waals surface area contributed by atoms with Crippen LogP contribution < -0.4 is 4.90 Å². The molecule has 19 heavy (non-hydrogen) atoms. The predicted molar refractivity (Wildman–Crippen MR) is 67.6 cm³/mol. The molecule has 1 aromatic carbocycles. The SMILES string of the molecule is CN1CC(CCC(=O)O)N(c2ccc(F)cc2)C1=O. The van der Waals surface area contributed by atoms with Crippen molar-refractivity contribution in [2.75, 3.05) is 18.5 Å². The second-order valence-electron chi connectivity index (χ2n) is 4.60. The van der Waals surface area contributed by atoms with Crippen molar-refractivity contribution in [2.45, 2.75) is 18.9 Å². The Kier molecular flexibility index (Phi) is 3.69. The number of hydrogen-bond donors (Lipinski definition) is 1. The Morgan fingerprint density at radius 3 is 2.63 bits per heavy atom. The molecule has 2 amide bonds. The third-order valence-electron chi connectivity index (χ3n) is 3.18. The van der Waals surface area contributed by atoms with Crippen LogP contribution in [0.1, 0.15) is 12.8 Å². The minimum Gasteiger partial charge on any atom is -0.481 e. The van der Waals surface area contributed by atoms with Gasteiger partial charge in [0.15, 0.2) is 0 Å². The zero-order valence-electron chi connectivity index (χ0n) is 10.5. The maximum Gasteiger partial charge on any atom is 0.324 e. The van der Waals surface area contributed by atoms with Crippen molar-refractivity contribution in [2.24, 2.45) is 0 Å². The van der Waals surface area contributed by atoms with E-state index in [2.05, 4.69) is 0 Å². The summed E-state index contributed by atoms with van der Waals surface area (Å²) < 4.78 is 12.9. The van der Waals surface area contributed by atoms with E-state index in [-0.39, 0.29) is 24.3 Å². The van der Waals surface area contributed by atoms with Crippen LogP contribution in [0.2, 0.25) is 0 Å². The van der Waals surface area contributed by atoms with E-state index in [9.17, 15) is 14.0 Å². The maximum absolute atomic E-state index is 12.9. The third kappa shape index (κ3) is 2.83. The number of halogens is 1. The summed E-state index contributed by atoms with van der Waals surface area (Å²) in [5.41, 5.74) is 0.589. The lowest BCUT2D eigenvalue weighted by Gasteiger charge is -2.22. The normalized spacial score (nSPS) is 19.1. The summed E-state index contributed by atoms with van der Waals surface area (Å²) in [6, 6.07) is 5.24. The van der Waals surface area contributed by atoms with Gasteiger partial charge in [-0.05, 0) is 30.7 Å². The Balaban J connectivity index is 2.20. The summed E-state index contributed by atoms with van der Waals surface area (Å²) in [5.74, 6) is -1.26. The molecule has 1 aromatic rings. The number of carboxylic acids is 1. The van der Waals surface area contributed by atoms with E-state index in [4.69, 9.17) is 5.11 Å². The summed E-state index contributed by atoms with van der Waals surface area (Å²) in [5, 5.41) is 8.73. The van der Waals surface area contributed by atoms with E-state index in [1.54, 1.807) is 7.05 Å². The van der Waals surface area contributed by atoms with Crippen LogP contribution in [0.3, 0.4) is 0 Å². The number of carboxylic acid groups (broad SMARTS) is 1. The topological polar surface area (TPSA) is 60.9 Å². The van der Waals surface area contributed by atoms with E-state index < -0.39 is 5.97 Å². The molecule has 0 spiro atoms. The fourth-order valence-corrected chi connectivity index (χ4v) is 2.25. The van der Waals surface area contributed by atoms with E-state index in [0.717, 1.165) is 0 Å². The molecule has 2 rings (SSSR count). The van der Waals surface area contributed by atoms with Gasteiger partial charge in [0.25, 0.3) is 0 Å². The Hall–Kier alpha value is -2.11. The summed E-state index contributed by atoms with van der Waals surface area (Å²) in [7, 11) is 1.67. The maximum atomic E-state index is 12.9. The Morgan fingerprint density at radius 1 is 1.42 bits per heavy atom. The second-order valence-corrected chi connectivity index (χ2v) is 4.60. The minimum atomic E-state index is -0.888. The number of urea groups is 1. The summed E-state index contributed by atoms with van der Waals surface area (Å²) >= 11 is 0. The highest BCUT2D eigenvalue weighted by Crippen LogP contribution is 2.26. The Labute approximate surface area is 110 Å². The molecule has 0 saturated carbocycles. The zero-order valence-corrected chi connectivity index (χ0v) is 10.5. The molecule has 0 bridgehead atoms. The number of rotatable bonds is 4. The van der Waals surface area contributed by atoms with Crippen LogP contribution in [0.15, 0.2) is 24.3 Å². The van der Waals surface area contributed by atoms with Gasteiger partial charge >= 0.3 is 12.0 Å². The monoisotopic (exact) mass is 266 g/mol. The molecule has 1 fully saturated rings. The lowest BCUT2D eigenvalue weighted by Crippen LogP contribution is -2.34. The molecule has 1 aliphatic heterocycles. The second kappa shape index (κ2) is 5.26. The van der Waals surface area contributed by atoms with E-state index in [1.165, 1.54) is 34.1 Å². The molecule has 1 N–H and O–H groups in total. The van der Waals surface area contributed by atoms with E-state index >= 15 is 0 Å². The summed E-state index contributed by atoms with van der Waals surface area (Å²) in [6.45, 7) is 0.476. The molecule has 102 valence electrons. The highest BCUT2D eigenvalue weighted by molar-refractivity contribution is 5.94. The first-order chi connectivity index (χ1) is 8.99. The van der Waals surface area contributed by atoms with Crippen molar-refractivity contribution in [3.8, 4) is 0 Å². The van der Waals surface area contributed by atoms with Crippen molar-refractivity contribution in [1.29, 1.82) is 0 Å². The highest BCUT2D eigenvalue weighted by atomic mass is 19.1. The van der Waals surface area contributed by atoms with Crippen LogP contribution in [0, 0.1) is 5.82 Å². The van der Waals surface area contributed by atoms with Gasteiger partial charge in [-0.3, -0.25) is 9.69 Å². The van der Waals surface area contributed by atoms with Crippen LogP contribution in [-0.2, 0) is 4.79 Å². The quantitative estimate of drug-likeness (QED) is 0.905. The Bertz CT molecular complexity index is 489. The molecule has 0 radical (unpaired) electrons. The largest absolute Gasteiger partial charge is 0.481 e. The molecular weight excluding hydrogens is 251 g/mol.